The third-order valence-electron chi connectivity index (χ3n) is 8.90. The molecule has 2 aliphatic heterocycles. The molecule has 1 saturated heterocycles. The number of nitrogens with zero attached hydrogens (tertiary/aromatic N) is 6. The van der Waals surface area contributed by atoms with E-state index in [9.17, 15) is 23.1 Å². The summed E-state index contributed by atoms with van der Waals surface area (Å²) in [5.41, 5.74) is 2.69. The normalized spacial score (nSPS) is 18.5. The standard InChI is InChI=1S/C34H33F4N7O4/c1-43-7-6-29(28(46)18-43)49-33-25(34(36,37)38)9-19(13-40-33)10-30(47)45-8-5-20-3-4-23(11-21(20)17-45)48-31-24-12-27(22-14-41-44(2)16-22)42-32(24)39-15-26(31)35/h3-4,9,11-16,28-29,46H,5-8,10,17-18H2,1-2H3,(H,39,42)/t28-,29+/m0/s1. The number of benzene rings is 1. The third kappa shape index (κ3) is 6.81. The number of halogens is 4. The largest absolute Gasteiger partial charge is 0.471 e. The number of H-pyrrole nitrogens is 1. The van der Waals surface area contributed by atoms with E-state index in [0.717, 1.165) is 29.0 Å². The fourth-order valence-corrected chi connectivity index (χ4v) is 6.30. The predicted molar refractivity (Wildman–Crippen MR) is 169 cm³/mol. The van der Waals surface area contributed by atoms with Gasteiger partial charge in [0.05, 0.1) is 29.9 Å². The number of ether oxygens (including phenoxy) is 2. The second-order valence-electron chi connectivity index (χ2n) is 12.5. The molecule has 1 amide bonds. The maximum atomic E-state index is 15.0. The first-order valence-corrected chi connectivity index (χ1v) is 15.7. The van der Waals surface area contributed by atoms with Gasteiger partial charge in [-0.25, -0.2) is 14.4 Å². The van der Waals surface area contributed by atoms with Crippen LogP contribution >= 0.6 is 0 Å². The van der Waals surface area contributed by atoms with E-state index in [1.807, 2.05) is 24.2 Å². The van der Waals surface area contributed by atoms with Crippen LogP contribution < -0.4 is 9.47 Å². The summed E-state index contributed by atoms with van der Waals surface area (Å²) in [6.07, 6.45) is -0.209. The highest BCUT2D eigenvalue weighted by Gasteiger charge is 2.38. The predicted octanol–water partition coefficient (Wildman–Crippen LogP) is 4.88. The van der Waals surface area contributed by atoms with Crippen molar-refractivity contribution >= 4 is 16.9 Å². The zero-order valence-corrected chi connectivity index (χ0v) is 26.7. The minimum atomic E-state index is -4.78. The summed E-state index contributed by atoms with van der Waals surface area (Å²) in [5.74, 6) is -1.29. The van der Waals surface area contributed by atoms with Gasteiger partial charge in [-0.1, -0.05) is 6.07 Å². The van der Waals surface area contributed by atoms with Crippen molar-refractivity contribution in [2.24, 2.45) is 7.05 Å². The van der Waals surface area contributed by atoms with Gasteiger partial charge in [0.15, 0.2) is 11.6 Å². The monoisotopic (exact) mass is 679 g/mol. The van der Waals surface area contributed by atoms with Crippen molar-refractivity contribution in [2.75, 3.05) is 26.7 Å². The van der Waals surface area contributed by atoms with Crippen LogP contribution in [0.5, 0.6) is 17.4 Å². The molecular weight excluding hydrogens is 646 g/mol. The summed E-state index contributed by atoms with van der Waals surface area (Å²) in [6, 6.07) is 7.96. The van der Waals surface area contributed by atoms with E-state index in [1.165, 1.54) is 6.20 Å². The zero-order valence-electron chi connectivity index (χ0n) is 26.7. The molecule has 5 aromatic rings. The van der Waals surface area contributed by atoms with Crippen LogP contribution in [0, 0.1) is 5.82 Å². The SMILES string of the molecule is CN1CC[C@@H](Oc2ncc(CC(=O)N3CCc4ccc(Oc5c(F)cnc6[nH]c(-c7cnn(C)c7)cc56)cc4C3)cc2C(F)(F)F)[C@@H](O)C1. The number of fused-ring (bicyclic) bond motifs is 2. The molecule has 0 unspecified atom stereocenters. The summed E-state index contributed by atoms with van der Waals surface area (Å²) < 4.78 is 70.5. The molecule has 0 radical (unpaired) electrons. The Labute approximate surface area is 278 Å². The topological polar surface area (TPSA) is 122 Å². The molecular formula is C34H33F4N7O4. The molecule has 7 rings (SSSR count). The van der Waals surface area contributed by atoms with Crippen molar-refractivity contribution in [1.82, 2.24) is 34.5 Å². The Kier molecular flexibility index (Phi) is 8.48. The van der Waals surface area contributed by atoms with Crippen molar-refractivity contribution in [3.8, 4) is 28.6 Å². The average Bonchev–Trinajstić information content (AvgIpc) is 3.70. The van der Waals surface area contributed by atoms with Crippen molar-refractivity contribution < 1.29 is 36.9 Å². The highest BCUT2D eigenvalue weighted by Crippen LogP contribution is 2.38. The number of carbonyl (C=O) groups excluding carboxylic acids is 1. The molecule has 0 spiro atoms. The first-order chi connectivity index (χ1) is 23.4. The summed E-state index contributed by atoms with van der Waals surface area (Å²) >= 11 is 0. The number of carbonyl (C=O) groups is 1. The Morgan fingerprint density at radius 1 is 1.08 bits per heavy atom. The van der Waals surface area contributed by atoms with Crippen LogP contribution in [-0.2, 0) is 37.4 Å². The van der Waals surface area contributed by atoms with Gasteiger partial charge in [0, 0.05) is 51.2 Å². The molecule has 49 heavy (non-hydrogen) atoms. The Morgan fingerprint density at radius 3 is 2.67 bits per heavy atom. The maximum absolute atomic E-state index is 15.0. The molecule has 1 aromatic carbocycles. The number of amides is 1. The summed E-state index contributed by atoms with van der Waals surface area (Å²) in [6.45, 7) is 1.41. The van der Waals surface area contributed by atoms with Gasteiger partial charge in [-0.05, 0) is 60.8 Å². The van der Waals surface area contributed by atoms with Gasteiger partial charge in [-0.3, -0.25) is 9.48 Å². The van der Waals surface area contributed by atoms with Gasteiger partial charge in [-0.15, -0.1) is 0 Å². The lowest BCUT2D eigenvalue weighted by Gasteiger charge is -2.33. The van der Waals surface area contributed by atoms with Crippen LogP contribution in [-0.4, -0.2) is 84.4 Å². The number of pyridine rings is 2. The number of β-amino-alcohol motifs (C(OH)–C–C–N with tert-alkyl or cyclic N) is 1. The molecule has 2 atom stereocenters. The quantitative estimate of drug-likeness (QED) is 0.234. The number of aromatic nitrogens is 5. The fourth-order valence-electron chi connectivity index (χ4n) is 6.30. The molecule has 15 heteroatoms. The van der Waals surface area contributed by atoms with Crippen molar-refractivity contribution in [3.05, 3.63) is 83.2 Å². The second-order valence-corrected chi connectivity index (χ2v) is 12.5. The van der Waals surface area contributed by atoms with E-state index in [2.05, 4.69) is 20.1 Å². The first kappa shape index (κ1) is 32.5. The highest BCUT2D eigenvalue weighted by atomic mass is 19.4. The number of hydrogen-bond acceptors (Lipinski definition) is 8. The molecule has 6 heterocycles. The van der Waals surface area contributed by atoms with Gasteiger partial charge >= 0.3 is 6.18 Å². The van der Waals surface area contributed by atoms with Crippen molar-refractivity contribution in [3.63, 3.8) is 0 Å². The smallest absolute Gasteiger partial charge is 0.421 e. The lowest BCUT2D eigenvalue weighted by Crippen LogP contribution is -2.47. The highest BCUT2D eigenvalue weighted by molar-refractivity contribution is 5.88. The number of aryl methyl sites for hydroxylation is 1. The average molecular weight is 680 g/mol. The van der Waals surface area contributed by atoms with Crippen LogP contribution in [0.15, 0.2) is 55.1 Å². The lowest BCUT2D eigenvalue weighted by atomic mass is 9.98. The number of aromatic amines is 1. The number of likely N-dealkylation sites (tertiary alicyclic amines) is 1. The number of nitrogens with one attached hydrogen (secondary N) is 1. The minimum absolute atomic E-state index is 0.00851. The maximum Gasteiger partial charge on any atom is 0.421 e. The minimum Gasteiger partial charge on any atom is -0.471 e. The molecule has 0 bridgehead atoms. The fraction of sp³-hybridized carbons (Fsp3) is 0.353. The van der Waals surface area contributed by atoms with Gasteiger partial charge in [0.25, 0.3) is 0 Å². The first-order valence-electron chi connectivity index (χ1n) is 15.7. The van der Waals surface area contributed by atoms with Gasteiger partial charge in [0.2, 0.25) is 11.8 Å². The number of aliphatic hydroxyl groups is 1. The van der Waals surface area contributed by atoms with Crippen LogP contribution in [0.2, 0.25) is 0 Å². The van der Waals surface area contributed by atoms with E-state index in [4.69, 9.17) is 9.47 Å². The molecule has 0 saturated carbocycles. The number of hydrogen-bond donors (Lipinski definition) is 2. The van der Waals surface area contributed by atoms with Gasteiger partial charge in [0.1, 0.15) is 29.2 Å². The number of alkyl halides is 3. The third-order valence-corrected chi connectivity index (χ3v) is 8.90. The number of piperidine rings is 1. The lowest BCUT2D eigenvalue weighted by molar-refractivity contribution is -0.141. The van der Waals surface area contributed by atoms with Gasteiger partial charge in [-0.2, -0.15) is 18.3 Å². The molecule has 0 aliphatic carbocycles. The van der Waals surface area contributed by atoms with Crippen LogP contribution in [0.25, 0.3) is 22.3 Å². The van der Waals surface area contributed by atoms with E-state index in [-0.39, 0.29) is 36.7 Å². The molecule has 1 fully saturated rings. The summed E-state index contributed by atoms with van der Waals surface area (Å²) in [7, 11) is 3.60. The Balaban J connectivity index is 1.06. The number of rotatable bonds is 7. The number of aliphatic hydroxyl groups excluding tert-OH is 1. The van der Waals surface area contributed by atoms with Crippen LogP contribution in [0.3, 0.4) is 0 Å². The number of likely N-dealkylation sites (N-methyl/N-ethyl adjacent to an activating group) is 1. The molecule has 4 aromatic heterocycles. The van der Waals surface area contributed by atoms with E-state index >= 15 is 4.39 Å². The van der Waals surface area contributed by atoms with Crippen LogP contribution in [0.1, 0.15) is 28.7 Å². The Bertz CT molecular complexity index is 2030. The van der Waals surface area contributed by atoms with Crippen molar-refractivity contribution in [1.29, 1.82) is 0 Å². The van der Waals surface area contributed by atoms with Crippen LogP contribution in [0.4, 0.5) is 17.6 Å². The van der Waals surface area contributed by atoms with Crippen molar-refractivity contribution in [2.45, 2.75) is 44.2 Å². The van der Waals surface area contributed by atoms with Gasteiger partial charge < -0.3 is 29.4 Å². The Hall–Kier alpha value is -5.02. The van der Waals surface area contributed by atoms with E-state index in [1.54, 1.807) is 41.0 Å². The summed E-state index contributed by atoms with van der Waals surface area (Å²) in [4.78, 5) is 28.0. The molecule has 11 nitrogen and oxygen atoms in total. The Morgan fingerprint density at radius 2 is 1.92 bits per heavy atom. The van der Waals surface area contributed by atoms with E-state index in [0.29, 0.717) is 48.4 Å². The second kappa shape index (κ2) is 12.8. The molecule has 256 valence electrons. The summed E-state index contributed by atoms with van der Waals surface area (Å²) in [5, 5.41) is 14.9. The molecule has 2 N–H and O–H groups in total. The molecule has 2 aliphatic rings. The zero-order chi connectivity index (χ0) is 34.4. The van der Waals surface area contributed by atoms with E-state index < -0.39 is 35.6 Å².